The van der Waals surface area contributed by atoms with Crippen LogP contribution in [-0.4, -0.2) is 10.5 Å². The van der Waals surface area contributed by atoms with E-state index in [2.05, 4.69) is 27.5 Å². The molecule has 0 radical (unpaired) electrons. The molecule has 0 saturated heterocycles. The average Bonchev–Trinajstić information content (AvgIpc) is 2.55. The lowest BCUT2D eigenvalue weighted by atomic mass is 10.3. The van der Waals surface area contributed by atoms with E-state index in [1.54, 1.807) is 6.08 Å². The topological polar surface area (TPSA) is 34.4 Å². The first-order valence-corrected chi connectivity index (χ1v) is 6.68. The molecule has 2 rings (SSSR count). The van der Waals surface area contributed by atoms with Crippen LogP contribution < -0.4 is 4.80 Å². The Hall–Kier alpha value is -1.20. The van der Waals surface area contributed by atoms with Crippen molar-refractivity contribution in [3.05, 3.63) is 40.1 Å². The van der Waals surface area contributed by atoms with Crippen molar-refractivity contribution in [1.82, 2.24) is 4.57 Å². The second-order valence-corrected chi connectivity index (χ2v) is 5.45. The second kappa shape index (κ2) is 4.98. The molecule has 5 heteroatoms. The summed E-state index contributed by atoms with van der Waals surface area (Å²) in [6.45, 7) is 5.83. The maximum atomic E-state index is 11.1. The fourth-order valence-corrected chi connectivity index (χ4v) is 3.21. The Kier molecular flexibility index (Phi) is 3.59. The standard InChI is InChI=1S/C12H11BrN2OS/c1-3-6-15-10-5-4-9(13)7-11(10)17-12(15)14-8(2)16/h3-5,7H,1,6H2,2H3. The van der Waals surface area contributed by atoms with Crippen molar-refractivity contribution < 1.29 is 4.79 Å². The first-order chi connectivity index (χ1) is 8.11. The summed E-state index contributed by atoms with van der Waals surface area (Å²) < 4.78 is 4.11. The number of thiazole rings is 1. The van der Waals surface area contributed by atoms with E-state index in [0.29, 0.717) is 11.3 Å². The number of hydrogen-bond donors (Lipinski definition) is 0. The number of carbonyl (C=O) groups excluding carboxylic acids is 1. The average molecular weight is 311 g/mol. The Morgan fingerprint density at radius 3 is 3.06 bits per heavy atom. The van der Waals surface area contributed by atoms with E-state index >= 15 is 0 Å². The summed E-state index contributed by atoms with van der Waals surface area (Å²) in [4.78, 5) is 15.8. The predicted molar refractivity (Wildman–Crippen MR) is 74.0 cm³/mol. The number of amides is 1. The lowest BCUT2D eigenvalue weighted by Crippen LogP contribution is -2.15. The van der Waals surface area contributed by atoms with E-state index in [1.165, 1.54) is 18.3 Å². The molecule has 0 unspecified atom stereocenters. The van der Waals surface area contributed by atoms with Gasteiger partial charge < -0.3 is 4.57 Å². The van der Waals surface area contributed by atoms with Crippen LogP contribution in [0.25, 0.3) is 10.2 Å². The number of halogens is 1. The monoisotopic (exact) mass is 310 g/mol. The van der Waals surface area contributed by atoms with Gasteiger partial charge in [0.2, 0.25) is 5.91 Å². The summed E-state index contributed by atoms with van der Waals surface area (Å²) in [7, 11) is 0. The van der Waals surface area contributed by atoms with Crippen molar-refractivity contribution in [2.24, 2.45) is 4.99 Å². The number of aromatic nitrogens is 1. The highest BCUT2D eigenvalue weighted by molar-refractivity contribution is 9.10. The Morgan fingerprint density at radius 2 is 2.41 bits per heavy atom. The molecule has 2 aromatic rings. The van der Waals surface area contributed by atoms with Crippen LogP contribution in [0, 0.1) is 0 Å². The van der Waals surface area contributed by atoms with Gasteiger partial charge in [0.05, 0.1) is 10.2 Å². The molecular weight excluding hydrogens is 300 g/mol. The van der Waals surface area contributed by atoms with Gasteiger partial charge >= 0.3 is 0 Å². The molecule has 1 aromatic heterocycles. The van der Waals surface area contributed by atoms with Gasteiger partial charge in [-0.15, -0.1) is 6.58 Å². The van der Waals surface area contributed by atoms with Crippen LogP contribution in [0.5, 0.6) is 0 Å². The van der Waals surface area contributed by atoms with Crippen molar-refractivity contribution in [1.29, 1.82) is 0 Å². The molecule has 17 heavy (non-hydrogen) atoms. The molecule has 1 heterocycles. The minimum Gasteiger partial charge on any atom is -0.313 e. The van der Waals surface area contributed by atoms with Crippen LogP contribution >= 0.6 is 27.3 Å². The SMILES string of the molecule is C=CCn1c(=NC(C)=O)sc2cc(Br)ccc21. The van der Waals surface area contributed by atoms with E-state index in [-0.39, 0.29) is 5.91 Å². The van der Waals surface area contributed by atoms with Crippen LogP contribution in [0.15, 0.2) is 40.3 Å². The van der Waals surface area contributed by atoms with Crippen molar-refractivity contribution in [2.75, 3.05) is 0 Å². The largest absolute Gasteiger partial charge is 0.313 e. The first kappa shape index (κ1) is 12.3. The van der Waals surface area contributed by atoms with Gasteiger partial charge in [-0.2, -0.15) is 4.99 Å². The molecule has 0 aliphatic heterocycles. The highest BCUT2D eigenvalue weighted by Crippen LogP contribution is 2.22. The minimum atomic E-state index is -0.187. The van der Waals surface area contributed by atoms with Crippen LogP contribution in [-0.2, 0) is 11.3 Å². The van der Waals surface area contributed by atoms with E-state index < -0.39 is 0 Å². The Morgan fingerprint density at radius 1 is 1.65 bits per heavy atom. The van der Waals surface area contributed by atoms with Gasteiger partial charge in [-0.3, -0.25) is 4.79 Å². The number of carbonyl (C=O) groups is 1. The molecule has 0 N–H and O–H groups in total. The number of fused-ring (bicyclic) bond motifs is 1. The van der Waals surface area contributed by atoms with Gasteiger partial charge in [-0.25, -0.2) is 0 Å². The zero-order valence-electron chi connectivity index (χ0n) is 9.31. The Bertz CT molecular complexity index is 654. The van der Waals surface area contributed by atoms with E-state index in [9.17, 15) is 4.79 Å². The molecular formula is C12H11BrN2OS. The molecule has 0 bridgehead atoms. The summed E-state index contributed by atoms with van der Waals surface area (Å²) >= 11 is 4.94. The second-order valence-electron chi connectivity index (χ2n) is 3.53. The number of allylic oxidation sites excluding steroid dienone is 1. The van der Waals surface area contributed by atoms with Gasteiger partial charge in [0, 0.05) is 17.9 Å². The molecule has 88 valence electrons. The maximum absolute atomic E-state index is 11.1. The molecule has 3 nitrogen and oxygen atoms in total. The van der Waals surface area contributed by atoms with Gasteiger partial charge in [0.1, 0.15) is 0 Å². The number of benzene rings is 1. The molecule has 0 aliphatic carbocycles. The predicted octanol–water partition coefficient (Wildman–Crippen LogP) is 3.10. The normalized spacial score (nSPS) is 12.0. The van der Waals surface area contributed by atoms with E-state index in [4.69, 9.17) is 0 Å². The smallest absolute Gasteiger partial charge is 0.245 e. The highest BCUT2D eigenvalue weighted by Gasteiger charge is 2.05. The first-order valence-electron chi connectivity index (χ1n) is 5.07. The van der Waals surface area contributed by atoms with Crippen LogP contribution in [0.4, 0.5) is 0 Å². The number of nitrogens with zero attached hydrogens (tertiary/aromatic N) is 2. The molecule has 1 amide bonds. The summed E-state index contributed by atoms with van der Waals surface area (Å²) in [5, 5.41) is 0. The molecule has 0 atom stereocenters. The lowest BCUT2D eigenvalue weighted by molar-refractivity contribution is -0.116. The maximum Gasteiger partial charge on any atom is 0.245 e. The summed E-state index contributed by atoms with van der Waals surface area (Å²) in [6.07, 6.45) is 1.80. The molecule has 1 aromatic carbocycles. The van der Waals surface area contributed by atoms with Crippen molar-refractivity contribution >= 4 is 43.4 Å². The van der Waals surface area contributed by atoms with E-state index in [1.807, 2.05) is 22.8 Å². The molecule has 0 spiro atoms. The highest BCUT2D eigenvalue weighted by atomic mass is 79.9. The van der Waals surface area contributed by atoms with Crippen molar-refractivity contribution in [3.63, 3.8) is 0 Å². The van der Waals surface area contributed by atoms with Crippen molar-refractivity contribution in [2.45, 2.75) is 13.5 Å². The Balaban J connectivity index is 2.78. The fraction of sp³-hybridized carbons (Fsp3) is 0.167. The minimum absolute atomic E-state index is 0.187. The quantitative estimate of drug-likeness (QED) is 0.785. The summed E-state index contributed by atoms with van der Waals surface area (Å²) in [5.41, 5.74) is 1.07. The van der Waals surface area contributed by atoms with Crippen LogP contribution in [0.1, 0.15) is 6.92 Å². The van der Waals surface area contributed by atoms with Crippen LogP contribution in [0.3, 0.4) is 0 Å². The number of hydrogen-bond acceptors (Lipinski definition) is 2. The number of rotatable bonds is 2. The summed E-state index contributed by atoms with van der Waals surface area (Å²) in [5.74, 6) is -0.187. The molecule has 0 aliphatic rings. The third-order valence-corrected chi connectivity index (χ3v) is 3.74. The van der Waals surface area contributed by atoms with E-state index in [0.717, 1.165) is 14.7 Å². The molecule has 0 saturated carbocycles. The zero-order valence-corrected chi connectivity index (χ0v) is 11.7. The van der Waals surface area contributed by atoms with Gasteiger partial charge in [-0.1, -0.05) is 33.3 Å². The lowest BCUT2D eigenvalue weighted by Gasteiger charge is -2.00. The van der Waals surface area contributed by atoms with Gasteiger partial charge in [0.25, 0.3) is 0 Å². The van der Waals surface area contributed by atoms with Gasteiger partial charge in [-0.05, 0) is 18.2 Å². The Labute approximate surface area is 111 Å². The third kappa shape index (κ3) is 2.56. The summed E-state index contributed by atoms with van der Waals surface area (Å²) in [6, 6.07) is 6.02. The fourth-order valence-electron chi connectivity index (χ4n) is 1.57. The zero-order chi connectivity index (χ0) is 12.4. The van der Waals surface area contributed by atoms with Crippen molar-refractivity contribution in [3.8, 4) is 0 Å². The third-order valence-electron chi connectivity index (χ3n) is 2.21. The molecule has 0 fully saturated rings. The van der Waals surface area contributed by atoms with Crippen LogP contribution in [0.2, 0.25) is 0 Å². The van der Waals surface area contributed by atoms with Gasteiger partial charge in [0.15, 0.2) is 4.80 Å².